The van der Waals surface area contributed by atoms with Crippen molar-refractivity contribution in [2.75, 3.05) is 6.54 Å². The number of hydrogen-bond donors (Lipinski definition) is 1. The van der Waals surface area contributed by atoms with Crippen molar-refractivity contribution in [2.24, 2.45) is 17.8 Å². The van der Waals surface area contributed by atoms with E-state index in [4.69, 9.17) is 4.74 Å². The maximum atomic E-state index is 13.3. The van der Waals surface area contributed by atoms with Gasteiger partial charge in [-0.15, -0.1) is 0 Å². The van der Waals surface area contributed by atoms with Gasteiger partial charge >= 0.3 is 0 Å². The summed E-state index contributed by atoms with van der Waals surface area (Å²) in [7, 11) is 0. The quantitative estimate of drug-likeness (QED) is 0.350. The number of benzene rings is 1. The zero-order valence-corrected chi connectivity index (χ0v) is 22.9. The van der Waals surface area contributed by atoms with Crippen LogP contribution in [-0.4, -0.2) is 51.5 Å². The van der Waals surface area contributed by atoms with Gasteiger partial charge in [-0.05, 0) is 71.8 Å². The minimum atomic E-state index is -1.46. The van der Waals surface area contributed by atoms with Gasteiger partial charge in [-0.2, -0.15) is 0 Å². The first kappa shape index (κ1) is 28.3. The van der Waals surface area contributed by atoms with Gasteiger partial charge in [-0.1, -0.05) is 56.3 Å². The third kappa shape index (κ3) is 6.33. The Labute approximate surface area is 216 Å². The summed E-state index contributed by atoms with van der Waals surface area (Å²) in [5.74, 6) is -0.892. The van der Waals surface area contributed by atoms with Crippen LogP contribution in [0.1, 0.15) is 79.7 Å². The Morgan fingerprint density at radius 2 is 1.72 bits per heavy atom. The maximum absolute atomic E-state index is 13.3. The molecular weight excluding hydrogens is 454 g/mol. The fourth-order valence-corrected chi connectivity index (χ4v) is 5.67. The number of likely N-dealkylation sites (tertiary alicyclic amines) is 1. The molecule has 1 aromatic rings. The molecule has 4 atom stereocenters. The van der Waals surface area contributed by atoms with Gasteiger partial charge in [0.25, 0.3) is 0 Å². The zero-order chi connectivity index (χ0) is 26.9. The third-order valence-electron chi connectivity index (χ3n) is 7.75. The molecule has 0 bridgehead atoms. The fraction of sp³-hybridized carbons (Fsp3) is 0.633. The lowest BCUT2D eigenvalue weighted by molar-refractivity contribution is -0.155. The van der Waals surface area contributed by atoms with Crippen LogP contribution in [0.2, 0.25) is 0 Å². The van der Waals surface area contributed by atoms with Crippen LogP contribution in [0.3, 0.4) is 0 Å². The van der Waals surface area contributed by atoms with E-state index in [2.05, 4.69) is 38.1 Å². The van der Waals surface area contributed by atoms with Gasteiger partial charge in [0.2, 0.25) is 11.8 Å². The van der Waals surface area contributed by atoms with E-state index in [1.807, 2.05) is 32.0 Å². The highest BCUT2D eigenvalue weighted by Gasteiger charge is 2.53. The van der Waals surface area contributed by atoms with Crippen LogP contribution >= 0.6 is 0 Å². The average molecular weight is 498 g/mol. The normalized spacial score (nSPS) is 24.0. The molecule has 0 radical (unpaired) electrons. The lowest BCUT2D eigenvalue weighted by atomic mass is 9.82. The summed E-state index contributed by atoms with van der Waals surface area (Å²) < 4.78 is 5.93. The molecule has 198 valence electrons. The molecule has 4 unspecified atom stereocenters. The molecule has 36 heavy (non-hydrogen) atoms. The first-order valence-electron chi connectivity index (χ1n) is 13.2. The number of nitrogens with zero attached hydrogens (tertiary/aromatic N) is 1. The number of hydrogen-bond acceptors (Lipinski definition) is 5. The molecule has 2 amide bonds. The van der Waals surface area contributed by atoms with Crippen molar-refractivity contribution >= 4 is 17.6 Å². The topological polar surface area (TPSA) is 83.9 Å². The Bertz CT molecular complexity index is 988. The van der Waals surface area contributed by atoms with Crippen LogP contribution in [0.15, 0.2) is 42.5 Å². The molecule has 3 rings (SSSR count). The molecule has 6 heteroatoms. The minimum absolute atomic E-state index is 0.0486. The van der Waals surface area contributed by atoms with E-state index in [9.17, 15) is 19.5 Å². The highest BCUT2D eigenvalue weighted by Crippen LogP contribution is 2.45. The molecule has 1 saturated heterocycles. The van der Waals surface area contributed by atoms with Crippen molar-refractivity contribution in [2.45, 2.75) is 96.9 Å². The van der Waals surface area contributed by atoms with Crippen molar-refractivity contribution in [3.63, 3.8) is 0 Å². The first-order valence-corrected chi connectivity index (χ1v) is 13.2. The molecule has 1 aromatic carbocycles. The van der Waals surface area contributed by atoms with Gasteiger partial charge in [0.05, 0.1) is 17.4 Å². The van der Waals surface area contributed by atoms with Crippen molar-refractivity contribution in [3.8, 4) is 0 Å². The molecule has 6 nitrogen and oxygen atoms in total. The van der Waals surface area contributed by atoms with Gasteiger partial charge < -0.3 is 9.84 Å². The average Bonchev–Trinajstić information content (AvgIpc) is 3.32. The Morgan fingerprint density at radius 3 is 2.33 bits per heavy atom. The Balaban J connectivity index is 1.58. The third-order valence-corrected chi connectivity index (χ3v) is 7.75. The predicted octanol–water partition coefficient (Wildman–Crippen LogP) is 4.84. The van der Waals surface area contributed by atoms with Crippen LogP contribution in [0, 0.1) is 17.8 Å². The van der Waals surface area contributed by atoms with Gasteiger partial charge in [0, 0.05) is 12.0 Å². The number of ketones is 1. The SMILES string of the molecule is CC(OC(C)(C)CCCN1C(=O)C2CCC(/C=C/C(C)(C)c3ccccc3)C2C1=O)C(=O)C(C)(C)O. The number of Topliss-reactive ketones (excluding diaryl/α,β-unsaturated/α-hetero) is 1. The molecule has 1 heterocycles. The maximum Gasteiger partial charge on any atom is 0.233 e. The molecule has 2 fully saturated rings. The molecule has 0 spiro atoms. The number of ether oxygens (including phenoxy) is 1. The van der Waals surface area contributed by atoms with Crippen molar-refractivity contribution in [3.05, 3.63) is 48.0 Å². The van der Waals surface area contributed by atoms with Crippen LogP contribution in [-0.2, 0) is 24.5 Å². The van der Waals surface area contributed by atoms with E-state index in [-0.39, 0.29) is 40.8 Å². The second kappa shape index (κ2) is 10.6. The van der Waals surface area contributed by atoms with Crippen molar-refractivity contribution < 1.29 is 24.2 Å². The van der Waals surface area contributed by atoms with E-state index >= 15 is 0 Å². The lowest BCUT2D eigenvalue weighted by Crippen LogP contribution is -2.43. The summed E-state index contributed by atoms with van der Waals surface area (Å²) >= 11 is 0. The number of imide groups is 1. The predicted molar refractivity (Wildman–Crippen MR) is 140 cm³/mol. The van der Waals surface area contributed by atoms with Gasteiger partial charge in [0.15, 0.2) is 5.78 Å². The fourth-order valence-electron chi connectivity index (χ4n) is 5.67. The van der Waals surface area contributed by atoms with E-state index < -0.39 is 17.3 Å². The summed E-state index contributed by atoms with van der Waals surface area (Å²) in [6.45, 7) is 13.0. The number of allylic oxidation sites excluding steroid dienone is 2. The summed E-state index contributed by atoms with van der Waals surface area (Å²) in [5, 5.41) is 9.96. The van der Waals surface area contributed by atoms with E-state index in [0.717, 1.165) is 12.8 Å². The Morgan fingerprint density at radius 1 is 1.08 bits per heavy atom. The number of carbonyl (C=O) groups excluding carboxylic acids is 3. The number of aliphatic hydroxyl groups is 1. The molecule has 1 aliphatic carbocycles. The summed E-state index contributed by atoms with van der Waals surface area (Å²) in [5.41, 5.74) is -1.02. The smallest absolute Gasteiger partial charge is 0.233 e. The summed E-state index contributed by atoms with van der Waals surface area (Å²) in [6.07, 6.45) is 6.37. The van der Waals surface area contributed by atoms with E-state index in [0.29, 0.717) is 19.4 Å². The van der Waals surface area contributed by atoms with E-state index in [1.165, 1.54) is 24.3 Å². The van der Waals surface area contributed by atoms with Crippen molar-refractivity contribution in [1.82, 2.24) is 4.90 Å². The molecular formula is C30H43NO5. The number of fused-ring (bicyclic) bond motifs is 1. The van der Waals surface area contributed by atoms with Gasteiger partial charge in [-0.3, -0.25) is 19.3 Å². The molecule has 1 N–H and O–H groups in total. The lowest BCUT2D eigenvalue weighted by Gasteiger charge is -2.31. The second-order valence-electron chi connectivity index (χ2n) is 12.2. The summed E-state index contributed by atoms with van der Waals surface area (Å²) in [6, 6.07) is 10.3. The zero-order valence-electron chi connectivity index (χ0n) is 22.9. The number of rotatable bonds is 11. The van der Waals surface area contributed by atoms with Gasteiger partial charge in [-0.25, -0.2) is 0 Å². The highest BCUT2D eigenvalue weighted by atomic mass is 16.5. The number of carbonyl (C=O) groups is 3. The summed E-state index contributed by atoms with van der Waals surface area (Å²) in [4.78, 5) is 40.1. The van der Waals surface area contributed by atoms with Crippen LogP contribution in [0.4, 0.5) is 0 Å². The molecule has 0 aromatic heterocycles. The largest absolute Gasteiger partial charge is 0.383 e. The molecule has 2 aliphatic rings. The van der Waals surface area contributed by atoms with E-state index in [1.54, 1.807) is 6.92 Å². The minimum Gasteiger partial charge on any atom is -0.383 e. The van der Waals surface area contributed by atoms with Crippen LogP contribution in [0.25, 0.3) is 0 Å². The Hall–Kier alpha value is -2.31. The van der Waals surface area contributed by atoms with Crippen molar-refractivity contribution in [1.29, 1.82) is 0 Å². The van der Waals surface area contributed by atoms with Gasteiger partial charge in [0.1, 0.15) is 11.7 Å². The Kier molecular flexibility index (Phi) is 8.31. The standard InChI is InChI=1S/C30H43NO5/c1-20(25(32)30(6,7)35)36-29(4,5)17-11-19-31-26(33)23-15-14-21(24(23)27(31)34)16-18-28(2,3)22-12-9-8-10-13-22/h8-10,12-13,16,18,20-21,23-24,35H,11,14-15,17,19H2,1-7H3/b18-16+. The first-order chi connectivity index (χ1) is 16.6. The molecule has 1 saturated carbocycles. The second-order valence-corrected chi connectivity index (χ2v) is 12.2. The monoisotopic (exact) mass is 497 g/mol. The molecule has 1 aliphatic heterocycles. The number of amides is 2. The highest BCUT2D eigenvalue weighted by molar-refractivity contribution is 6.05. The van der Waals surface area contributed by atoms with Crippen LogP contribution in [0.5, 0.6) is 0 Å². The van der Waals surface area contributed by atoms with Crippen LogP contribution < -0.4 is 0 Å².